The standard InChI is InChI=1S/C9H10BrClO5S2/c1-16-9-7(10)3-6(5-18(11,14)15)4-8(9)17(2,12)13/h3-4H,5H2,1-2H3. The first-order valence-corrected chi connectivity index (χ1v) is 9.69. The summed E-state index contributed by atoms with van der Waals surface area (Å²) in [4.78, 5) is -0.0882. The Morgan fingerprint density at radius 2 is 1.83 bits per heavy atom. The monoisotopic (exact) mass is 376 g/mol. The smallest absolute Gasteiger partial charge is 0.236 e. The lowest BCUT2D eigenvalue weighted by Crippen LogP contribution is -2.04. The van der Waals surface area contributed by atoms with Gasteiger partial charge in [-0.15, -0.1) is 0 Å². The molecule has 0 aliphatic heterocycles. The summed E-state index contributed by atoms with van der Waals surface area (Å²) in [6, 6.07) is 2.69. The van der Waals surface area contributed by atoms with Gasteiger partial charge in [-0.05, 0) is 33.6 Å². The molecule has 1 rings (SSSR count). The maximum Gasteiger partial charge on any atom is 0.236 e. The summed E-state index contributed by atoms with van der Waals surface area (Å²) in [5.74, 6) is -0.326. The summed E-state index contributed by atoms with van der Waals surface area (Å²) in [6.45, 7) is 0. The van der Waals surface area contributed by atoms with Crippen molar-refractivity contribution in [3.8, 4) is 5.75 Å². The molecule has 0 spiro atoms. The van der Waals surface area contributed by atoms with E-state index in [-0.39, 0.29) is 16.2 Å². The Balaban J connectivity index is 3.50. The van der Waals surface area contributed by atoms with Gasteiger partial charge in [-0.2, -0.15) is 0 Å². The summed E-state index contributed by atoms with van der Waals surface area (Å²) >= 11 is 3.13. The summed E-state index contributed by atoms with van der Waals surface area (Å²) in [5.41, 5.74) is 0.262. The van der Waals surface area contributed by atoms with Crippen LogP contribution in [-0.4, -0.2) is 30.2 Å². The van der Waals surface area contributed by atoms with Gasteiger partial charge in [-0.1, -0.05) is 0 Å². The van der Waals surface area contributed by atoms with Crippen LogP contribution in [-0.2, 0) is 24.6 Å². The van der Waals surface area contributed by atoms with E-state index in [1.165, 1.54) is 19.2 Å². The number of hydrogen-bond acceptors (Lipinski definition) is 5. The minimum Gasteiger partial charge on any atom is -0.494 e. The van der Waals surface area contributed by atoms with Crippen molar-refractivity contribution in [1.82, 2.24) is 0 Å². The number of ether oxygens (including phenoxy) is 1. The highest BCUT2D eigenvalue weighted by atomic mass is 79.9. The molecule has 0 bridgehead atoms. The topological polar surface area (TPSA) is 77.5 Å². The van der Waals surface area contributed by atoms with E-state index >= 15 is 0 Å². The number of methoxy groups -OCH3 is 1. The lowest BCUT2D eigenvalue weighted by atomic mass is 10.2. The molecular weight excluding hydrogens is 368 g/mol. The third-order valence-corrected chi connectivity index (χ3v) is 4.71. The fraction of sp³-hybridized carbons (Fsp3) is 0.333. The first kappa shape index (κ1) is 15.7. The molecule has 0 N–H and O–H groups in total. The van der Waals surface area contributed by atoms with Gasteiger partial charge >= 0.3 is 0 Å². The highest BCUT2D eigenvalue weighted by Gasteiger charge is 2.20. The van der Waals surface area contributed by atoms with E-state index in [9.17, 15) is 16.8 Å². The first-order valence-electron chi connectivity index (χ1n) is 4.53. The predicted octanol–water partition coefficient (Wildman–Crippen LogP) is 1.93. The average Bonchev–Trinajstić information content (AvgIpc) is 2.12. The predicted molar refractivity (Wildman–Crippen MR) is 72.3 cm³/mol. The van der Waals surface area contributed by atoms with Crippen LogP contribution >= 0.6 is 26.6 Å². The maximum atomic E-state index is 11.6. The van der Waals surface area contributed by atoms with E-state index in [0.717, 1.165) is 6.26 Å². The van der Waals surface area contributed by atoms with Gasteiger partial charge < -0.3 is 4.74 Å². The SMILES string of the molecule is COc1c(Br)cc(CS(=O)(=O)Cl)cc1S(C)(=O)=O. The number of benzene rings is 1. The fourth-order valence-electron chi connectivity index (χ4n) is 1.38. The molecule has 5 nitrogen and oxygen atoms in total. The molecule has 1 aromatic carbocycles. The zero-order chi connectivity index (χ0) is 14.1. The Morgan fingerprint density at radius 1 is 1.28 bits per heavy atom. The van der Waals surface area contributed by atoms with Crippen LogP contribution in [0.5, 0.6) is 5.75 Å². The molecule has 0 heterocycles. The summed E-state index contributed by atoms with van der Waals surface area (Å²) in [5, 5.41) is 0. The minimum atomic E-state index is -3.76. The van der Waals surface area contributed by atoms with E-state index in [1.807, 2.05) is 0 Å². The molecule has 0 saturated heterocycles. The normalized spacial score (nSPS) is 12.4. The quantitative estimate of drug-likeness (QED) is 0.749. The Bertz CT molecular complexity index is 666. The Hall–Kier alpha value is -0.310. The number of hydrogen-bond donors (Lipinski definition) is 0. The second-order valence-electron chi connectivity index (χ2n) is 3.56. The molecule has 0 atom stereocenters. The zero-order valence-corrected chi connectivity index (χ0v) is 13.5. The molecule has 0 saturated carbocycles. The van der Waals surface area contributed by atoms with Crippen LogP contribution in [0.4, 0.5) is 0 Å². The highest BCUT2D eigenvalue weighted by molar-refractivity contribution is 9.10. The summed E-state index contributed by atoms with van der Waals surface area (Å²) in [7, 11) is -0.836. The second kappa shape index (κ2) is 5.36. The lowest BCUT2D eigenvalue weighted by molar-refractivity contribution is 0.400. The molecule has 9 heteroatoms. The van der Waals surface area contributed by atoms with Gasteiger partial charge in [-0.3, -0.25) is 0 Å². The Kier molecular flexibility index (Phi) is 4.69. The molecule has 0 aliphatic carbocycles. The first-order chi connectivity index (χ1) is 8.04. The molecule has 0 unspecified atom stereocenters. The number of halogens is 2. The molecule has 0 aliphatic rings. The third-order valence-electron chi connectivity index (χ3n) is 2.01. The van der Waals surface area contributed by atoms with Crippen LogP contribution in [0.1, 0.15) is 5.56 Å². The molecular formula is C9H10BrClO5S2. The van der Waals surface area contributed by atoms with Crippen LogP contribution in [0.2, 0.25) is 0 Å². The Labute approximate surface area is 119 Å². The largest absolute Gasteiger partial charge is 0.494 e. The van der Waals surface area contributed by atoms with Crippen LogP contribution in [0.3, 0.4) is 0 Å². The van der Waals surface area contributed by atoms with E-state index in [2.05, 4.69) is 15.9 Å². The molecule has 18 heavy (non-hydrogen) atoms. The fourth-order valence-corrected chi connectivity index (χ4v) is 4.02. The number of rotatable bonds is 4. The third kappa shape index (κ3) is 4.11. The van der Waals surface area contributed by atoms with Gasteiger partial charge in [0.05, 0.1) is 17.3 Å². The second-order valence-corrected chi connectivity index (χ2v) is 9.18. The molecule has 0 aromatic heterocycles. The van der Waals surface area contributed by atoms with Crippen molar-refractivity contribution < 1.29 is 21.6 Å². The molecule has 0 radical (unpaired) electrons. The van der Waals surface area contributed by atoms with E-state index in [1.54, 1.807) is 0 Å². The Morgan fingerprint density at radius 3 is 2.22 bits per heavy atom. The van der Waals surface area contributed by atoms with E-state index in [0.29, 0.717) is 4.47 Å². The van der Waals surface area contributed by atoms with Crippen molar-refractivity contribution in [2.45, 2.75) is 10.6 Å². The van der Waals surface area contributed by atoms with Crippen molar-refractivity contribution in [3.63, 3.8) is 0 Å². The van der Waals surface area contributed by atoms with Crippen LogP contribution in [0.25, 0.3) is 0 Å². The van der Waals surface area contributed by atoms with Crippen molar-refractivity contribution in [2.75, 3.05) is 13.4 Å². The van der Waals surface area contributed by atoms with Gasteiger partial charge in [0.25, 0.3) is 0 Å². The zero-order valence-electron chi connectivity index (χ0n) is 9.48. The van der Waals surface area contributed by atoms with Gasteiger partial charge in [-0.25, -0.2) is 16.8 Å². The van der Waals surface area contributed by atoms with Gasteiger partial charge in [0.1, 0.15) is 4.90 Å². The highest BCUT2D eigenvalue weighted by Crippen LogP contribution is 2.34. The van der Waals surface area contributed by atoms with E-state index < -0.39 is 24.6 Å². The molecule has 1 aromatic rings. The van der Waals surface area contributed by atoms with Crippen molar-refractivity contribution >= 4 is 45.5 Å². The van der Waals surface area contributed by atoms with Crippen LogP contribution < -0.4 is 4.74 Å². The van der Waals surface area contributed by atoms with Gasteiger partial charge in [0, 0.05) is 16.9 Å². The van der Waals surface area contributed by atoms with Gasteiger partial charge in [0.2, 0.25) is 9.05 Å². The van der Waals surface area contributed by atoms with Gasteiger partial charge in [0.15, 0.2) is 15.6 Å². The van der Waals surface area contributed by atoms with Crippen molar-refractivity contribution in [2.24, 2.45) is 0 Å². The van der Waals surface area contributed by atoms with Crippen molar-refractivity contribution in [1.29, 1.82) is 0 Å². The maximum absolute atomic E-state index is 11.6. The van der Waals surface area contributed by atoms with E-state index in [4.69, 9.17) is 15.4 Å². The molecule has 0 amide bonds. The lowest BCUT2D eigenvalue weighted by Gasteiger charge is -2.11. The van der Waals surface area contributed by atoms with Crippen LogP contribution in [0.15, 0.2) is 21.5 Å². The van der Waals surface area contributed by atoms with Crippen molar-refractivity contribution in [3.05, 3.63) is 22.2 Å². The molecule has 102 valence electrons. The average molecular weight is 378 g/mol. The summed E-state index contributed by atoms with van der Waals surface area (Å²) < 4.78 is 50.5. The number of sulfone groups is 1. The molecule has 0 fully saturated rings. The summed E-state index contributed by atoms with van der Waals surface area (Å²) in [6.07, 6.45) is 1.01. The minimum absolute atomic E-state index is 0.0882. The van der Waals surface area contributed by atoms with Crippen LogP contribution in [0, 0.1) is 0 Å².